The van der Waals surface area contributed by atoms with E-state index in [0.717, 1.165) is 18.4 Å². The molecule has 0 atom stereocenters. The number of hydrogen-bond donors (Lipinski definition) is 1. The number of halogens is 3. The molecule has 0 radical (unpaired) electrons. The molecule has 0 fully saturated rings. The molecule has 2 aromatic carbocycles. The number of carbonyl (C=O) groups excluding carboxylic acids is 1. The molecule has 10 heteroatoms. The van der Waals surface area contributed by atoms with Gasteiger partial charge >= 0.3 is 6.18 Å². The minimum absolute atomic E-state index is 0.00297. The molecule has 2 aromatic rings. The summed E-state index contributed by atoms with van der Waals surface area (Å²) in [7, 11) is -2.11. The van der Waals surface area contributed by atoms with Gasteiger partial charge < -0.3 is 10.1 Å². The number of ether oxygens (including phenoxy) is 1. The number of anilines is 2. The fourth-order valence-corrected chi connectivity index (χ4v) is 3.56. The van der Waals surface area contributed by atoms with Gasteiger partial charge in [-0.1, -0.05) is 6.07 Å². The predicted molar refractivity (Wildman–Crippen MR) is 104 cm³/mol. The van der Waals surface area contributed by atoms with Crippen LogP contribution in [0.4, 0.5) is 24.5 Å². The Kier molecular flexibility index (Phi) is 7.12. The van der Waals surface area contributed by atoms with Gasteiger partial charge in [-0.15, -0.1) is 0 Å². The van der Waals surface area contributed by atoms with E-state index in [1.54, 1.807) is 24.3 Å². The number of nitrogens with zero attached hydrogens (tertiary/aromatic N) is 1. The van der Waals surface area contributed by atoms with Crippen molar-refractivity contribution in [2.24, 2.45) is 0 Å². The molecule has 158 valence electrons. The lowest BCUT2D eigenvalue weighted by atomic mass is 10.2. The van der Waals surface area contributed by atoms with Crippen molar-refractivity contribution in [3.63, 3.8) is 0 Å². The average Bonchev–Trinajstić information content (AvgIpc) is 2.64. The minimum atomic E-state index is -4.45. The van der Waals surface area contributed by atoms with Gasteiger partial charge in [0.2, 0.25) is 15.9 Å². The van der Waals surface area contributed by atoms with Crippen molar-refractivity contribution in [2.75, 3.05) is 29.5 Å². The van der Waals surface area contributed by atoms with Crippen LogP contribution in [-0.2, 0) is 21.0 Å². The van der Waals surface area contributed by atoms with Crippen molar-refractivity contribution in [3.05, 3.63) is 54.1 Å². The van der Waals surface area contributed by atoms with E-state index < -0.39 is 27.7 Å². The Balaban J connectivity index is 1.96. The van der Waals surface area contributed by atoms with Gasteiger partial charge in [0.25, 0.3) is 0 Å². The van der Waals surface area contributed by atoms with Crippen LogP contribution < -0.4 is 14.4 Å². The average molecular weight is 430 g/mol. The molecule has 0 aliphatic carbocycles. The summed E-state index contributed by atoms with van der Waals surface area (Å²) in [5.74, 6) is 0.0695. The summed E-state index contributed by atoms with van der Waals surface area (Å²) in [5.41, 5.74) is -0.164. The molecule has 0 saturated heterocycles. The highest BCUT2D eigenvalue weighted by Crippen LogP contribution is 2.30. The van der Waals surface area contributed by atoms with Crippen LogP contribution in [0, 0.1) is 0 Å². The van der Waals surface area contributed by atoms with E-state index >= 15 is 0 Å². The Bertz CT molecular complexity index is 945. The van der Waals surface area contributed by atoms with Gasteiger partial charge in [-0.25, -0.2) is 8.42 Å². The zero-order chi connectivity index (χ0) is 21.7. The maximum absolute atomic E-state index is 12.6. The number of nitrogens with one attached hydrogen (secondary N) is 1. The van der Waals surface area contributed by atoms with Crippen molar-refractivity contribution in [1.82, 2.24) is 0 Å². The van der Waals surface area contributed by atoms with Crippen molar-refractivity contribution >= 4 is 27.3 Å². The first-order valence-corrected chi connectivity index (χ1v) is 10.4. The lowest BCUT2D eigenvalue weighted by Gasteiger charge is -2.22. The lowest BCUT2D eigenvalue weighted by molar-refractivity contribution is -0.137. The molecule has 1 N–H and O–H groups in total. The lowest BCUT2D eigenvalue weighted by Crippen LogP contribution is -2.31. The van der Waals surface area contributed by atoms with Gasteiger partial charge in [0.15, 0.2) is 0 Å². The maximum Gasteiger partial charge on any atom is 0.416 e. The number of sulfonamides is 1. The molecule has 0 aliphatic rings. The third kappa shape index (κ3) is 6.67. The van der Waals surface area contributed by atoms with Crippen LogP contribution in [0.2, 0.25) is 0 Å². The third-order valence-corrected chi connectivity index (χ3v) is 5.20. The Morgan fingerprint density at radius 1 is 1.14 bits per heavy atom. The third-order valence-electron chi connectivity index (χ3n) is 4.00. The molecule has 0 saturated carbocycles. The molecule has 0 aromatic heterocycles. The van der Waals surface area contributed by atoms with Crippen molar-refractivity contribution in [1.29, 1.82) is 0 Å². The molecule has 29 heavy (non-hydrogen) atoms. The van der Waals surface area contributed by atoms with Crippen molar-refractivity contribution in [2.45, 2.75) is 19.0 Å². The summed E-state index contributed by atoms with van der Waals surface area (Å²) in [6.45, 7) is 0.0619. The number of rotatable bonds is 8. The van der Waals surface area contributed by atoms with E-state index in [9.17, 15) is 26.4 Å². The van der Waals surface area contributed by atoms with E-state index in [1.807, 2.05) is 0 Å². The number of hydrogen-bond acceptors (Lipinski definition) is 4. The predicted octanol–water partition coefficient (Wildman–Crippen LogP) is 3.90. The highest BCUT2D eigenvalue weighted by molar-refractivity contribution is 7.92. The highest BCUT2D eigenvalue weighted by atomic mass is 32.2. The van der Waals surface area contributed by atoms with Gasteiger partial charge in [-0.3, -0.25) is 9.10 Å². The second-order valence-corrected chi connectivity index (χ2v) is 8.17. The van der Waals surface area contributed by atoms with Gasteiger partial charge in [-0.2, -0.15) is 13.2 Å². The SMILES string of the molecule is COc1cccc(N(CCCC(=O)Nc2ccc(C(F)(F)F)cc2)S(C)(=O)=O)c1. The zero-order valence-corrected chi connectivity index (χ0v) is 16.7. The van der Waals surface area contributed by atoms with E-state index in [0.29, 0.717) is 11.4 Å². The number of amides is 1. The van der Waals surface area contributed by atoms with Crippen molar-refractivity contribution < 1.29 is 31.1 Å². The Morgan fingerprint density at radius 2 is 1.79 bits per heavy atom. The Labute approximate surface area is 167 Å². The summed E-state index contributed by atoms with van der Waals surface area (Å²) in [4.78, 5) is 12.0. The first kappa shape index (κ1) is 22.5. The summed E-state index contributed by atoms with van der Waals surface area (Å²) < 4.78 is 68.2. The first-order chi connectivity index (χ1) is 13.5. The van der Waals surface area contributed by atoms with Crippen LogP contribution in [0.3, 0.4) is 0 Å². The monoisotopic (exact) mass is 430 g/mol. The number of methoxy groups -OCH3 is 1. The summed E-state index contributed by atoms with van der Waals surface area (Å²) >= 11 is 0. The van der Waals surface area contributed by atoms with E-state index in [4.69, 9.17) is 4.74 Å². The first-order valence-electron chi connectivity index (χ1n) is 8.59. The maximum atomic E-state index is 12.6. The Morgan fingerprint density at radius 3 is 2.34 bits per heavy atom. The summed E-state index contributed by atoms with van der Waals surface area (Å²) in [5, 5.41) is 2.50. The van der Waals surface area contributed by atoms with Crippen LogP contribution in [0.1, 0.15) is 18.4 Å². The van der Waals surface area contributed by atoms with Gasteiger partial charge in [-0.05, 0) is 42.8 Å². The van der Waals surface area contributed by atoms with Crippen LogP contribution in [0.15, 0.2) is 48.5 Å². The van der Waals surface area contributed by atoms with Crippen LogP contribution >= 0.6 is 0 Å². The Hall–Kier alpha value is -2.75. The topological polar surface area (TPSA) is 75.7 Å². The number of benzene rings is 2. The second kappa shape index (κ2) is 9.17. The minimum Gasteiger partial charge on any atom is -0.497 e. The fraction of sp³-hybridized carbons (Fsp3) is 0.316. The van der Waals surface area contributed by atoms with E-state index in [-0.39, 0.29) is 25.1 Å². The van der Waals surface area contributed by atoms with E-state index in [1.165, 1.54) is 23.5 Å². The second-order valence-electron chi connectivity index (χ2n) is 6.26. The molecule has 2 rings (SSSR count). The summed E-state index contributed by atoms with van der Waals surface area (Å²) in [6, 6.07) is 10.6. The molecule has 1 amide bonds. The quantitative estimate of drug-likeness (QED) is 0.689. The zero-order valence-electron chi connectivity index (χ0n) is 15.9. The van der Waals surface area contributed by atoms with E-state index in [2.05, 4.69) is 5.32 Å². The molecular weight excluding hydrogens is 409 g/mol. The molecule has 0 heterocycles. The number of alkyl halides is 3. The standard InChI is InChI=1S/C19H21F3N2O4S/c1-28-17-6-3-5-16(13-17)24(29(2,26)27)12-4-7-18(25)23-15-10-8-14(9-11-15)19(20,21)22/h3,5-6,8-11,13H,4,7,12H2,1-2H3,(H,23,25). The molecular formula is C19H21F3N2O4S. The van der Waals surface area contributed by atoms with Crippen molar-refractivity contribution in [3.8, 4) is 5.75 Å². The normalized spacial score (nSPS) is 11.8. The van der Waals surface area contributed by atoms with Crippen LogP contribution in [0.5, 0.6) is 5.75 Å². The van der Waals surface area contributed by atoms with Gasteiger partial charge in [0.1, 0.15) is 5.75 Å². The van der Waals surface area contributed by atoms with Gasteiger partial charge in [0, 0.05) is 24.7 Å². The smallest absolute Gasteiger partial charge is 0.416 e. The molecule has 0 aliphatic heterocycles. The largest absolute Gasteiger partial charge is 0.497 e. The molecule has 6 nitrogen and oxygen atoms in total. The fourth-order valence-electron chi connectivity index (χ4n) is 2.60. The van der Waals surface area contributed by atoms with Crippen LogP contribution in [-0.4, -0.2) is 34.2 Å². The number of carbonyl (C=O) groups is 1. The molecule has 0 spiro atoms. The summed E-state index contributed by atoms with van der Waals surface area (Å²) in [6.07, 6.45) is -3.17. The molecule has 0 unspecified atom stereocenters. The molecule has 0 bridgehead atoms. The van der Waals surface area contributed by atoms with Crippen LogP contribution in [0.25, 0.3) is 0 Å². The van der Waals surface area contributed by atoms with Gasteiger partial charge in [0.05, 0.1) is 24.6 Å². The highest BCUT2D eigenvalue weighted by Gasteiger charge is 2.30.